The van der Waals surface area contributed by atoms with E-state index in [-0.39, 0.29) is 16.7 Å². The Hall–Kier alpha value is -1.58. The van der Waals surface area contributed by atoms with Gasteiger partial charge in [0, 0.05) is 5.56 Å². The highest BCUT2D eigenvalue weighted by molar-refractivity contribution is 5.45. The summed E-state index contributed by atoms with van der Waals surface area (Å²) in [4.78, 5) is 10.4. The molecule has 0 N–H and O–H groups in total. The summed E-state index contributed by atoms with van der Waals surface area (Å²) in [5.41, 5.74) is 0.792. The molecule has 1 aliphatic carbocycles. The van der Waals surface area contributed by atoms with Crippen LogP contribution in [-0.4, -0.2) is 11.0 Å². The minimum atomic E-state index is -0.366. The maximum Gasteiger partial charge on any atom is 0.276 e. The van der Waals surface area contributed by atoms with E-state index >= 15 is 0 Å². The van der Waals surface area contributed by atoms with Gasteiger partial charge in [-0.2, -0.15) is 0 Å². The van der Waals surface area contributed by atoms with Gasteiger partial charge in [0.15, 0.2) is 0 Å². The van der Waals surface area contributed by atoms with Gasteiger partial charge in [0.2, 0.25) is 0 Å². The van der Waals surface area contributed by atoms with Gasteiger partial charge in [0.05, 0.1) is 17.1 Å². The van der Waals surface area contributed by atoms with Gasteiger partial charge in [0.25, 0.3) is 5.69 Å². The van der Waals surface area contributed by atoms with Gasteiger partial charge in [-0.25, -0.2) is 0 Å². The third-order valence-corrected chi connectivity index (χ3v) is 3.04. The highest BCUT2D eigenvalue weighted by Crippen LogP contribution is 2.27. The quantitative estimate of drug-likeness (QED) is 0.594. The lowest BCUT2D eigenvalue weighted by Gasteiger charge is -2.22. The van der Waals surface area contributed by atoms with Gasteiger partial charge in [-0.1, -0.05) is 0 Å². The first kappa shape index (κ1) is 11.9. The number of nitro benzene ring substituents is 1. The lowest BCUT2D eigenvalue weighted by molar-refractivity contribution is -0.385. The number of hydrogen-bond donors (Lipinski definition) is 0. The molecule has 4 nitrogen and oxygen atoms in total. The monoisotopic (exact) mass is 234 g/mol. The molecule has 0 bridgehead atoms. The van der Waals surface area contributed by atoms with Gasteiger partial charge >= 0.3 is 0 Å². The fraction of sp³-hybridized carbons (Fsp3) is 0.462. The van der Waals surface area contributed by atoms with Crippen LogP contribution in [0.2, 0.25) is 0 Å². The van der Waals surface area contributed by atoms with E-state index in [2.05, 4.69) is 6.42 Å². The first-order valence-corrected chi connectivity index (χ1v) is 5.90. The zero-order chi connectivity index (χ0) is 12.3. The molecule has 1 radical (unpaired) electrons. The second kappa shape index (κ2) is 5.17. The third kappa shape index (κ3) is 2.96. The van der Waals surface area contributed by atoms with E-state index in [1.807, 2.05) is 0 Å². The Labute approximate surface area is 101 Å². The summed E-state index contributed by atoms with van der Waals surface area (Å²) in [5, 5.41) is 10.8. The van der Waals surface area contributed by atoms with Crippen LogP contribution in [0.25, 0.3) is 0 Å². The number of hydrogen-bond acceptors (Lipinski definition) is 3. The van der Waals surface area contributed by atoms with Crippen LogP contribution in [0, 0.1) is 23.5 Å². The summed E-state index contributed by atoms with van der Waals surface area (Å²) < 4.78 is 5.77. The molecule has 1 aromatic rings. The van der Waals surface area contributed by atoms with E-state index < -0.39 is 0 Å². The Morgan fingerprint density at radius 3 is 2.94 bits per heavy atom. The zero-order valence-electron chi connectivity index (χ0n) is 9.89. The van der Waals surface area contributed by atoms with Crippen molar-refractivity contribution in [3.05, 3.63) is 40.3 Å². The molecule has 1 aromatic carbocycles. The highest BCUT2D eigenvalue weighted by atomic mass is 16.6. The third-order valence-electron chi connectivity index (χ3n) is 3.04. The van der Waals surface area contributed by atoms with Crippen LogP contribution in [0.3, 0.4) is 0 Å². The van der Waals surface area contributed by atoms with E-state index in [1.54, 1.807) is 19.1 Å². The molecule has 0 aliphatic heterocycles. The van der Waals surface area contributed by atoms with Crippen molar-refractivity contribution in [2.45, 2.75) is 38.7 Å². The van der Waals surface area contributed by atoms with Gasteiger partial charge in [-0.15, -0.1) is 0 Å². The minimum absolute atomic E-state index is 0.127. The smallest absolute Gasteiger partial charge is 0.276 e. The SMILES string of the molecule is Cc1ccc(OC2C[CH]CCC2)cc1[N+](=O)[O-]. The fourth-order valence-corrected chi connectivity index (χ4v) is 2.07. The minimum Gasteiger partial charge on any atom is -0.490 e. The van der Waals surface area contributed by atoms with Crippen molar-refractivity contribution in [1.29, 1.82) is 0 Å². The fourth-order valence-electron chi connectivity index (χ4n) is 2.07. The summed E-state index contributed by atoms with van der Waals surface area (Å²) >= 11 is 0. The number of aryl methyl sites for hydroxylation is 1. The molecular formula is C13H16NO3. The lowest BCUT2D eigenvalue weighted by atomic mass is 9.98. The van der Waals surface area contributed by atoms with Crippen LogP contribution in [0.1, 0.15) is 31.2 Å². The summed E-state index contributed by atoms with van der Waals surface area (Å²) in [6.45, 7) is 1.73. The second-order valence-corrected chi connectivity index (χ2v) is 4.40. The second-order valence-electron chi connectivity index (χ2n) is 4.40. The molecule has 1 aliphatic rings. The molecule has 0 saturated heterocycles. The van der Waals surface area contributed by atoms with Gasteiger partial charge < -0.3 is 4.74 Å². The molecule has 0 aromatic heterocycles. The molecule has 4 heteroatoms. The molecule has 0 spiro atoms. The number of ether oxygens (including phenoxy) is 1. The van der Waals surface area contributed by atoms with E-state index in [4.69, 9.17) is 4.74 Å². The maximum absolute atomic E-state index is 10.8. The molecule has 2 rings (SSSR count). The van der Waals surface area contributed by atoms with E-state index in [0.717, 1.165) is 25.7 Å². The number of benzene rings is 1. The van der Waals surface area contributed by atoms with Crippen molar-refractivity contribution in [1.82, 2.24) is 0 Å². The Balaban J connectivity index is 2.10. The topological polar surface area (TPSA) is 52.4 Å². The number of rotatable bonds is 3. The van der Waals surface area contributed by atoms with Gasteiger partial charge in [-0.05, 0) is 51.2 Å². The van der Waals surface area contributed by atoms with Crippen molar-refractivity contribution < 1.29 is 9.66 Å². The van der Waals surface area contributed by atoms with Crippen LogP contribution in [0.5, 0.6) is 5.75 Å². The normalized spacial score (nSPS) is 16.8. The van der Waals surface area contributed by atoms with Crippen LogP contribution < -0.4 is 4.74 Å². The Bertz CT molecular complexity index is 411. The van der Waals surface area contributed by atoms with Crippen molar-refractivity contribution >= 4 is 5.69 Å². The summed E-state index contributed by atoms with van der Waals surface area (Å²) in [5.74, 6) is 0.600. The molecule has 0 heterocycles. The van der Waals surface area contributed by atoms with Gasteiger partial charge in [0.1, 0.15) is 5.75 Å². The van der Waals surface area contributed by atoms with Crippen molar-refractivity contribution in [2.75, 3.05) is 0 Å². The van der Waals surface area contributed by atoms with Crippen LogP contribution >= 0.6 is 0 Å². The average molecular weight is 234 g/mol. The first-order chi connectivity index (χ1) is 8.16. The van der Waals surface area contributed by atoms with Crippen LogP contribution in [0.4, 0.5) is 5.69 Å². The average Bonchev–Trinajstić information content (AvgIpc) is 2.32. The molecule has 1 fully saturated rings. The highest BCUT2D eigenvalue weighted by Gasteiger charge is 2.17. The molecule has 1 saturated carbocycles. The summed E-state index contributed by atoms with van der Waals surface area (Å²) in [6.07, 6.45) is 6.63. The molecular weight excluding hydrogens is 218 g/mol. The lowest BCUT2D eigenvalue weighted by Crippen LogP contribution is -2.19. The molecule has 1 unspecified atom stereocenters. The van der Waals surface area contributed by atoms with Crippen molar-refractivity contribution in [3.63, 3.8) is 0 Å². The van der Waals surface area contributed by atoms with Crippen LogP contribution in [-0.2, 0) is 0 Å². The summed E-state index contributed by atoms with van der Waals surface area (Å²) in [6, 6.07) is 5.06. The molecule has 1 atom stereocenters. The Morgan fingerprint density at radius 2 is 2.29 bits per heavy atom. The molecule has 0 amide bonds. The van der Waals surface area contributed by atoms with Crippen molar-refractivity contribution in [3.8, 4) is 5.75 Å². The summed E-state index contributed by atoms with van der Waals surface area (Å²) in [7, 11) is 0. The van der Waals surface area contributed by atoms with Crippen LogP contribution in [0.15, 0.2) is 18.2 Å². The molecule has 17 heavy (non-hydrogen) atoms. The Morgan fingerprint density at radius 1 is 1.47 bits per heavy atom. The first-order valence-electron chi connectivity index (χ1n) is 5.90. The number of nitro groups is 1. The van der Waals surface area contributed by atoms with Gasteiger partial charge in [-0.3, -0.25) is 10.1 Å². The van der Waals surface area contributed by atoms with E-state index in [0.29, 0.717) is 11.3 Å². The van der Waals surface area contributed by atoms with Crippen molar-refractivity contribution in [2.24, 2.45) is 0 Å². The predicted molar refractivity (Wildman–Crippen MR) is 65.0 cm³/mol. The predicted octanol–water partition coefficient (Wildman–Crippen LogP) is 3.43. The maximum atomic E-state index is 10.8. The largest absolute Gasteiger partial charge is 0.490 e. The van der Waals surface area contributed by atoms with E-state index in [9.17, 15) is 10.1 Å². The molecule has 91 valence electrons. The Kier molecular flexibility index (Phi) is 3.61. The number of nitrogens with zero attached hydrogens (tertiary/aromatic N) is 1. The zero-order valence-corrected chi connectivity index (χ0v) is 9.89. The van der Waals surface area contributed by atoms with E-state index in [1.165, 1.54) is 6.07 Å². The standard InChI is InChI=1S/C13H16NO3/c1-10-7-8-12(9-13(10)14(15)16)17-11-5-3-2-4-6-11/h3,7-9,11H,2,4-6H2,1H3.